The standard InChI is InChI=1S/C24H28N6O/c1-17-7-4-8-18-9-5-10-21(22(17)18)30-15-19-20(16-30)27-24(31-3)28-23(19)29(13-6-11-25)14-12-26-2/h4-5,7-10,26H,6,12-16H2,1-3H3. The summed E-state index contributed by atoms with van der Waals surface area (Å²) in [4.78, 5) is 13.9. The normalized spacial score (nSPS) is 12.6. The maximum Gasteiger partial charge on any atom is 0.318 e. The molecule has 3 aromatic rings. The number of fused-ring (bicyclic) bond motifs is 2. The number of rotatable bonds is 8. The Balaban J connectivity index is 1.75. The first kappa shape index (κ1) is 20.9. The second kappa shape index (κ2) is 9.19. The SMILES string of the molecule is CNCCN(CCC#N)c1nc(OC)nc2c1CN(c1cccc3cccc(C)c13)C2. The Morgan fingerprint density at radius 3 is 2.71 bits per heavy atom. The lowest BCUT2D eigenvalue weighted by Gasteiger charge is -2.25. The molecule has 0 saturated carbocycles. The number of likely N-dealkylation sites (N-methyl/N-ethyl adjacent to an activating group) is 1. The highest BCUT2D eigenvalue weighted by Gasteiger charge is 2.29. The van der Waals surface area contributed by atoms with Crippen molar-refractivity contribution >= 4 is 22.3 Å². The molecule has 0 spiro atoms. The van der Waals surface area contributed by atoms with E-state index in [4.69, 9.17) is 15.0 Å². The van der Waals surface area contributed by atoms with Crippen molar-refractivity contribution in [1.29, 1.82) is 5.26 Å². The molecule has 2 heterocycles. The van der Waals surface area contributed by atoms with E-state index < -0.39 is 0 Å². The van der Waals surface area contributed by atoms with E-state index in [-0.39, 0.29) is 0 Å². The summed E-state index contributed by atoms with van der Waals surface area (Å²) in [6.45, 7) is 5.78. The maximum absolute atomic E-state index is 9.14. The zero-order chi connectivity index (χ0) is 21.8. The Morgan fingerprint density at radius 1 is 1.16 bits per heavy atom. The lowest BCUT2D eigenvalue weighted by molar-refractivity contribution is 0.378. The van der Waals surface area contributed by atoms with Gasteiger partial charge in [-0.1, -0.05) is 30.3 Å². The van der Waals surface area contributed by atoms with Gasteiger partial charge in [0, 0.05) is 42.8 Å². The van der Waals surface area contributed by atoms with Crippen LogP contribution in [-0.2, 0) is 13.1 Å². The fourth-order valence-corrected chi connectivity index (χ4v) is 4.26. The van der Waals surface area contributed by atoms with Crippen LogP contribution in [0.3, 0.4) is 0 Å². The lowest BCUT2D eigenvalue weighted by Crippen LogP contribution is -2.33. The van der Waals surface area contributed by atoms with Crippen LogP contribution in [0, 0.1) is 18.3 Å². The van der Waals surface area contributed by atoms with Crippen molar-refractivity contribution in [2.45, 2.75) is 26.4 Å². The molecule has 0 bridgehead atoms. The third-order valence-electron chi connectivity index (χ3n) is 5.78. The minimum absolute atomic E-state index is 0.371. The molecule has 7 nitrogen and oxygen atoms in total. The van der Waals surface area contributed by atoms with Crippen molar-refractivity contribution in [1.82, 2.24) is 15.3 Å². The van der Waals surface area contributed by atoms with Gasteiger partial charge in [-0.3, -0.25) is 0 Å². The summed E-state index contributed by atoms with van der Waals surface area (Å²) in [5, 5.41) is 14.8. The number of hydrogen-bond donors (Lipinski definition) is 1. The van der Waals surface area contributed by atoms with Crippen molar-refractivity contribution < 1.29 is 4.74 Å². The molecule has 0 aliphatic carbocycles. The Morgan fingerprint density at radius 2 is 1.97 bits per heavy atom. The first-order chi connectivity index (χ1) is 15.2. The smallest absolute Gasteiger partial charge is 0.318 e. The molecule has 1 aliphatic rings. The number of aromatic nitrogens is 2. The zero-order valence-corrected chi connectivity index (χ0v) is 18.4. The van der Waals surface area contributed by atoms with Gasteiger partial charge in [0.2, 0.25) is 0 Å². The van der Waals surface area contributed by atoms with E-state index in [1.165, 1.54) is 22.0 Å². The quantitative estimate of drug-likeness (QED) is 0.603. The van der Waals surface area contributed by atoms with Gasteiger partial charge in [0.15, 0.2) is 0 Å². The van der Waals surface area contributed by atoms with E-state index in [1.807, 2.05) is 7.05 Å². The van der Waals surface area contributed by atoms with Crippen LogP contribution in [0.15, 0.2) is 36.4 Å². The van der Waals surface area contributed by atoms with Crippen molar-refractivity contribution in [2.24, 2.45) is 0 Å². The summed E-state index contributed by atoms with van der Waals surface area (Å²) >= 11 is 0. The number of aryl methyl sites for hydroxylation is 1. The lowest BCUT2D eigenvalue weighted by atomic mass is 10.0. The molecule has 0 radical (unpaired) electrons. The van der Waals surface area contributed by atoms with Crippen molar-refractivity contribution in [3.63, 3.8) is 0 Å². The molecule has 2 aromatic carbocycles. The number of nitrogens with zero attached hydrogens (tertiary/aromatic N) is 5. The number of nitrogens with one attached hydrogen (secondary N) is 1. The van der Waals surface area contributed by atoms with E-state index in [2.05, 4.69) is 69.5 Å². The number of hydrogen-bond acceptors (Lipinski definition) is 7. The fourth-order valence-electron chi connectivity index (χ4n) is 4.26. The highest BCUT2D eigenvalue weighted by molar-refractivity contribution is 5.97. The summed E-state index contributed by atoms with van der Waals surface area (Å²) in [6, 6.07) is 15.5. The largest absolute Gasteiger partial charge is 0.467 e. The first-order valence-electron chi connectivity index (χ1n) is 10.6. The van der Waals surface area contributed by atoms with Gasteiger partial charge in [-0.2, -0.15) is 15.2 Å². The van der Waals surface area contributed by atoms with Crippen LogP contribution >= 0.6 is 0 Å². The third-order valence-corrected chi connectivity index (χ3v) is 5.78. The highest BCUT2D eigenvalue weighted by atomic mass is 16.5. The number of methoxy groups -OCH3 is 1. The van der Waals surface area contributed by atoms with E-state index in [0.717, 1.165) is 36.7 Å². The van der Waals surface area contributed by atoms with Crippen LogP contribution in [-0.4, -0.2) is 43.8 Å². The van der Waals surface area contributed by atoms with Crippen molar-refractivity contribution in [3.8, 4) is 12.1 Å². The van der Waals surface area contributed by atoms with Crippen LogP contribution in [0.4, 0.5) is 11.5 Å². The molecule has 0 unspecified atom stereocenters. The summed E-state index contributed by atoms with van der Waals surface area (Å²) < 4.78 is 5.42. The van der Waals surface area contributed by atoms with E-state index in [9.17, 15) is 0 Å². The van der Waals surface area contributed by atoms with Gasteiger partial charge in [0.1, 0.15) is 5.82 Å². The number of anilines is 2. The average Bonchev–Trinajstić information content (AvgIpc) is 3.22. The number of ether oxygens (including phenoxy) is 1. The van der Waals surface area contributed by atoms with Crippen LogP contribution < -0.4 is 19.9 Å². The molecule has 4 rings (SSSR count). The summed E-state index contributed by atoms with van der Waals surface area (Å²) in [5.74, 6) is 0.867. The molecule has 160 valence electrons. The number of benzene rings is 2. The third kappa shape index (κ3) is 4.12. The van der Waals surface area contributed by atoms with Crippen molar-refractivity contribution in [2.75, 3.05) is 43.6 Å². The molecule has 0 atom stereocenters. The minimum Gasteiger partial charge on any atom is -0.467 e. The average molecular weight is 417 g/mol. The van der Waals surface area contributed by atoms with E-state index >= 15 is 0 Å². The van der Waals surface area contributed by atoms with Gasteiger partial charge in [-0.15, -0.1) is 0 Å². The summed E-state index contributed by atoms with van der Waals surface area (Å²) in [5.41, 5.74) is 4.56. The van der Waals surface area contributed by atoms with Crippen LogP contribution in [0.2, 0.25) is 0 Å². The first-order valence-corrected chi connectivity index (χ1v) is 10.6. The predicted octanol–water partition coefficient (Wildman–Crippen LogP) is 3.41. The predicted molar refractivity (Wildman–Crippen MR) is 124 cm³/mol. The highest BCUT2D eigenvalue weighted by Crippen LogP contribution is 2.37. The van der Waals surface area contributed by atoms with E-state index in [1.54, 1.807) is 7.11 Å². The Labute approximate surface area is 183 Å². The van der Waals surface area contributed by atoms with Crippen LogP contribution in [0.5, 0.6) is 6.01 Å². The second-order valence-electron chi connectivity index (χ2n) is 7.76. The molecule has 7 heteroatoms. The Bertz CT molecular complexity index is 1120. The maximum atomic E-state index is 9.14. The zero-order valence-electron chi connectivity index (χ0n) is 18.4. The molecule has 1 aromatic heterocycles. The van der Waals surface area contributed by atoms with Gasteiger partial charge >= 0.3 is 6.01 Å². The molecule has 1 aliphatic heterocycles. The van der Waals surface area contributed by atoms with Crippen LogP contribution in [0.25, 0.3) is 10.8 Å². The minimum atomic E-state index is 0.371. The van der Waals surface area contributed by atoms with Gasteiger partial charge in [0.05, 0.1) is 31.8 Å². The summed E-state index contributed by atoms with van der Waals surface area (Å²) in [6.07, 6.45) is 0.442. The fraction of sp³-hybridized carbons (Fsp3) is 0.375. The van der Waals surface area contributed by atoms with Gasteiger partial charge < -0.3 is 19.9 Å². The Kier molecular flexibility index (Phi) is 6.19. The summed E-state index contributed by atoms with van der Waals surface area (Å²) in [7, 11) is 3.53. The van der Waals surface area contributed by atoms with Gasteiger partial charge in [0.25, 0.3) is 0 Å². The van der Waals surface area contributed by atoms with Crippen LogP contribution in [0.1, 0.15) is 23.2 Å². The van der Waals surface area contributed by atoms with E-state index in [0.29, 0.717) is 25.5 Å². The van der Waals surface area contributed by atoms with Gasteiger partial charge in [-0.05, 0) is 31.0 Å². The Hall–Kier alpha value is -3.37. The van der Waals surface area contributed by atoms with Gasteiger partial charge in [-0.25, -0.2) is 0 Å². The van der Waals surface area contributed by atoms with Crippen molar-refractivity contribution in [3.05, 3.63) is 53.2 Å². The molecule has 0 saturated heterocycles. The molecule has 0 fully saturated rings. The molecule has 1 N–H and O–H groups in total. The topological polar surface area (TPSA) is 77.3 Å². The monoisotopic (exact) mass is 416 g/mol. The molecular formula is C24H28N6O. The molecule has 31 heavy (non-hydrogen) atoms. The second-order valence-corrected chi connectivity index (χ2v) is 7.76. The number of nitriles is 1. The molecular weight excluding hydrogens is 388 g/mol. The molecule has 0 amide bonds.